The molecule has 0 spiro atoms. The highest BCUT2D eigenvalue weighted by atomic mass is 35.5. The molecule has 2 N–H and O–H groups in total. The van der Waals surface area contributed by atoms with Crippen LogP contribution >= 0.6 is 35.6 Å². The molecule has 0 saturated carbocycles. The predicted octanol–water partition coefficient (Wildman–Crippen LogP) is 2.29. The van der Waals surface area contributed by atoms with Gasteiger partial charge >= 0.3 is 5.76 Å². The lowest BCUT2D eigenvalue weighted by Gasteiger charge is -2.25. The summed E-state index contributed by atoms with van der Waals surface area (Å²) in [6.07, 6.45) is 1.17. The molecule has 1 fully saturated rings. The third-order valence-electron chi connectivity index (χ3n) is 4.70. The van der Waals surface area contributed by atoms with Crippen molar-refractivity contribution in [1.29, 1.82) is 0 Å². The molecule has 1 aliphatic rings. The van der Waals surface area contributed by atoms with Gasteiger partial charge in [0.05, 0.1) is 34.9 Å². The van der Waals surface area contributed by atoms with Crippen molar-refractivity contribution in [3.63, 3.8) is 0 Å². The highest BCUT2D eigenvalue weighted by Gasteiger charge is 2.28. The number of hydrogen-bond acceptors (Lipinski definition) is 7. The third kappa shape index (κ3) is 4.76. The maximum atomic E-state index is 12.9. The standard InChI is InChI=1S/C18H17Cl2N5O4.ClH/c19-13-2-1-10(7-14(13)20)15-11(8-21-5-6-28-15)9-25-17(26)12(3-4-22-25)16-23-18(27)29-24-16;/h1-4,7,11,15,21H,5-6,8-9H2,(H,23,24,27);1H/t11-,15-;/m0./s1. The molecule has 1 saturated heterocycles. The first-order valence-corrected chi connectivity index (χ1v) is 9.68. The van der Waals surface area contributed by atoms with Crippen LogP contribution in [0.2, 0.25) is 10.0 Å². The van der Waals surface area contributed by atoms with Crippen molar-refractivity contribution in [3.05, 3.63) is 67.0 Å². The summed E-state index contributed by atoms with van der Waals surface area (Å²) in [4.78, 5) is 26.5. The Morgan fingerprint density at radius 3 is 2.77 bits per heavy atom. The first-order chi connectivity index (χ1) is 14.0. The van der Waals surface area contributed by atoms with Crippen molar-refractivity contribution in [1.82, 2.24) is 25.2 Å². The molecule has 1 aromatic carbocycles. The van der Waals surface area contributed by atoms with Crippen LogP contribution in [0.4, 0.5) is 0 Å². The van der Waals surface area contributed by atoms with E-state index in [4.69, 9.17) is 27.9 Å². The van der Waals surface area contributed by atoms with E-state index in [2.05, 4.69) is 25.1 Å². The zero-order chi connectivity index (χ0) is 20.4. The van der Waals surface area contributed by atoms with Gasteiger partial charge in [-0.05, 0) is 23.8 Å². The van der Waals surface area contributed by atoms with Gasteiger partial charge < -0.3 is 10.1 Å². The topological polar surface area (TPSA) is 115 Å². The predicted molar refractivity (Wildman–Crippen MR) is 113 cm³/mol. The fraction of sp³-hybridized carbons (Fsp3) is 0.333. The largest absolute Gasteiger partial charge is 0.439 e. The Labute approximate surface area is 186 Å². The van der Waals surface area contributed by atoms with Crippen LogP contribution in [0.25, 0.3) is 11.4 Å². The van der Waals surface area contributed by atoms with Crippen molar-refractivity contribution in [2.24, 2.45) is 5.92 Å². The van der Waals surface area contributed by atoms with Crippen molar-refractivity contribution in [3.8, 4) is 11.4 Å². The molecule has 0 unspecified atom stereocenters. The zero-order valence-electron chi connectivity index (χ0n) is 15.5. The lowest BCUT2D eigenvalue weighted by Crippen LogP contribution is -2.34. The number of rotatable bonds is 4. The van der Waals surface area contributed by atoms with Crippen molar-refractivity contribution >= 4 is 35.6 Å². The van der Waals surface area contributed by atoms with Crippen LogP contribution in [0.1, 0.15) is 11.7 Å². The van der Waals surface area contributed by atoms with Crippen LogP contribution in [0.3, 0.4) is 0 Å². The molecule has 2 atom stereocenters. The van der Waals surface area contributed by atoms with Crippen LogP contribution in [-0.2, 0) is 11.3 Å². The second-order valence-electron chi connectivity index (χ2n) is 6.60. The molecular weight excluding hydrogens is 457 g/mol. The van der Waals surface area contributed by atoms with Crippen LogP contribution in [-0.4, -0.2) is 39.6 Å². The van der Waals surface area contributed by atoms with E-state index >= 15 is 0 Å². The Morgan fingerprint density at radius 1 is 1.20 bits per heavy atom. The van der Waals surface area contributed by atoms with Crippen molar-refractivity contribution < 1.29 is 9.26 Å². The first kappa shape index (κ1) is 22.5. The van der Waals surface area contributed by atoms with Gasteiger partial charge in [-0.25, -0.2) is 9.48 Å². The Kier molecular flexibility index (Phi) is 7.32. The van der Waals surface area contributed by atoms with Crippen LogP contribution in [0, 0.1) is 5.92 Å². The van der Waals surface area contributed by atoms with E-state index in [1.54, 1.807) is 12.1 Å². The Bertz CT molecular complexity index is 1130. The number of benzene rings is 1. The average molecular weight is 475 g/mol. The summed E-state index contributed by atoms with van der Waals surface area (Å²) in [6.45, 7) is 2.11. The first-order valence-electron chi connectivity index (χ1n) is 8.92. The minimum absolute atomic E-state index is 0. The summed E-state index contributed by atoms with van der Waals surface area (Å²) in [5, 5.41) is 12.0. The quantitative estimate of drug-likeness (QED) is 0.596. The van der Waals surface area contributed by atoms with Crippen LogP contribution in [0.15, 0.2) is 44.6 Å². The fourth-order valence-corrected chi connectivity index (χ4v) is 3.64. The Balaban J connectivity index is 0.00000256. The molecule has 0 radical (unpaired) electrons. The number of aromatic nitrogens is 4. The second-order valence-corrected chi connectivity index (χ2v) is 7.42. The van der Waals surface area contributed by atoms with E-state index in [1.807, 2.05) is 6.07 Å². The molecule has 4 rings (SSSR count). The average Bonchev–Trinajstić information content (AvgIpc) is 3.00. The van der Waals surface area contributed by atoms with Gasteiger partial charge in [0.1, 0.15) is 0 Å². The molecule has 3 aromatic rings. The van der Waals surface area contributed by atoms with Crippen LogP contribution < -0.4 is 16.6 Å². The van der Waals surface area contributed by atoms with E-state index < -0.39 is 11.3 Å². The van der Waals surface area contributed by atoms with Gasteiger partial charge in [0.25, 0.3) is 5.56 Å². The molecule has 30 heavy (non-hydrogen) atoms. The second kappa shape index (κ2) is 9.76. The summed E-state index contributed by atoms with van der Waals surface area (Å²) in [5.41, 5.74) is 0.673. The molecule has 2 aromatic heterocycles. The van der Waals surface area contributed by atoms with Crippen molar-refractivity contribution in [2.75, 3.05) is 19.7 Å². The van der Waals surface area contributed by atoms with Gasteiger partial charge in [0.2, 0.25) is 0 Å². The zero-order valence-corrected chi connectivity index (χ0v) is 17.8. The SMILES string of the molecule is Cl.O=c1[nH]c(-c2ccnn(C[C@@H]3CNCCO[C@H]3c3ccc(Cl)c(Cl)c3)c2=O)no1. The fourth-order valence-electron chi connectivity index (χ4n) is 3.34. The van der Waals surface area contributed by atoms with E-state index in [0.29, 0.717) is 29.7 Å². The summed E-state index contributed by atoms with van der Waals surface area (Å²) in [6, 6.07) is 6.85. The van der Waals surface area contributed by atoms with Gasteiger partial charge in [0, 0.05) is 25.2 Å². The number of halogens is 3. The van der Waals surface area contributed by atoms with Gasteiger partial charge in [0.15, 0.2) is 5.82 Å². The number of nitrogens with zero attached hydrogens (tertiary/aromatic N) is 3. The Hall–Kier alpha value is -2.17. The molecule has 160 valence electrons. The van der Waals surface area contributed by atoms with E-state index in [0.717, 1.165) is 5.56 Å². The minimum atomic E-state index is -0.733. The monoisotopic (exact) mass is 473 g/mol. The highest BCUT2D eigenvalue weighted by molar-refractivity contribution is 6.42. The summed E-state index contributed by atoms with van der Waals surface area (Å²) >= 11 is 12.2. The molecule has 1 aliphatic heterocycles. The summed E-state index contributed by atoms with van der Waals surface area (Å²) < 4.78 is 11.9. The molecule has 0 bridgehead atoms. The van der Waals surface area contributed by atoms with Gasteiger partial charge in [-0.15, -0.1) is 12.4 Å². The van der Waals surface area contributed by atoms with E-state index in [-0.39, 0.29) is 42.4 Å². The Morgan fingerprint density at radius 2 is 2.03 bits per heavy atom. The minimum Gasteiger partial charge on any atom is -0.372 e. The van der Waals surface area contributed by atoms with Gasteiger partial charge in [-0.1, -0.05) is 34.4 Å². The normalized spacial score (nSPS) is 19.1. The van der Waals surface area contributed by atoms with Crippen molar-refractivity contribution in [2.45, 2.75) is 12.6 Å². The molecule has 9 nitrogen and oxygen atoms in total. The lowest BCUT2D eigenvalue weighted by molar-refractivity contribution is 0.0238. The van der Waals surface area contributed by atoms with E-state index in [9.17, 15) is 9.59 Å². The lowest BCUT2D eigenvalue weighted by atomic mass is 9.95. The maximum absolute atomic E-state index is 12.9. The molecular formula is C18H18Cl3N5O4. The maximum Gasteiger partial charge on any atom is 0.439 e. The molecule has 0 aliphatic carbocycles. The number of aromatic amines is 1. The number of hydrogen-bond donors (Lipinski definition) is 2. The number of ether oxygens (including phenoxy) is 1. The number of nitrogens with one attached hydrogen (secondary N) is 2. The molecule has 0 amide bonds. The third-order valence-corrected chi connectivity index (χ3v) is 5.44. The van der Waals surface area contributed by atoms with Gasteiger partial charge in [-0.2, -0.15) is 5.10 Å². The summed E-state index contributed by atoms with van der Waals surface area (Å²) in [5.74, 6) is -0.775. The van der Waals surface area contributed by atoms with E-state index in [1.165, 1.54) is 16.9 Å². The van der Waals surface area contributed by atoms with Gasteiger partial charge in [-0.3, -0.25) is 14.3 Å². The number of H-pyrrole nitrogens is 1. The molecule has 12 heteroatoms. The highest BCUT2D eigenvalue weighted by Crippen LogP contribution is 2.32. The van der Waals surface area contributed by atoms with Crippen LogP contribution in [0.5, 0.6) is 0 Å². The molecule has 3 heterocycles. The summed E-state index contributed by atoms with van der Waals surface area (Å²) in [7, 11) is 0. The smallest absolute Gasteiger partial charge is 0.372 e.